The molecule has 8 nitrogen and oxygen atoms in total. The average molecular weight is 450 g/mol. The van der Waals surface area contributed by atoms with Crippen LogP contribution in [0.5, 0.6) is 11.6 Å². The smallest absolute Gasteiger partial charge is 0.273 e. The number of aromatic nitrogens is 2. The van der Waals surface area contributed by atoms with E-state index >= 15 is 0 Å². The minimum Gasteiger partial charge on any atom is -0.439 e. The molecule has 0 N–H and O–H groups in total. The van der Waals surface area contributed by atoms with Gasteiger partial charge in [-0.15, -0.1) is 11.3 Å². The van der Waals surface area contributed by atoms with E-state index in [-0.39, 0.29) is 11.8 Å². The summed E-state index contributed by atoms with van der Waals surface area (Å²) in [5.74, 6) is 1.20. The Kier molecular flexibility index (Phi) is 5.83. The molecule has 2 aliphatic heterocycles. The van der Waals surface area contributed by atoms with Crippen molar-refractivity contribution in [2.24, 2.45) is 0 Å². The zero-order chi connectivity index (χ0) is 21.9. The van der Waals surface area contributed by atoms with Crippen LogP contribution in [0.15, 0.2) is 59.6 Å². The fraction of sp³-hybridized carbons (Fsp3) is 0.304. The molecule has 9 heteroatoms. The number of pyridine rings is 1. The number of hydrogen-bond donors (Lipinski definition) is 0. The molecule has 0 unspecified atom stereocenters. The molecule has 2 saturated heterocycles. The summed E-state index contributed by atoms with van der Waals surface area (Å²) in [5.41, 5.74) is 2.86. The molecule has 4 heterocycles. The maximum absolute atomic E-state index is 12.8. The molecule has 0 bridgehead atoms. The molecule has 5 rings (SSSR count). The Morgan fingerprint density at radius 3 is 2.34 bits per heavy atom. The molecule has 2 fully saturated rings. The van der Waals surface area contributed by atoms with E-state index < -0.39 is 0 Å². The van der Waals surface area contributed by atoms with Crippen molar-refractivity contribution < 1.29 is 14.3 Å². The van der Waals surface area contributed by atoms with E-state index in [0.717, 1.165) is 13.1 Å². The number of hydrogen-bond acceptors (Lipinski definition) is 7. The number of rotatable bonds is 5. The van der Waals surface area contributed by atoms with E-state index in [0.29, 0.717) is 55.1 Å². The Labute approximate surface area is 190 Å². The molecule has 0 atom stereocenters. The Morgan fingerprint density at radius 2 is 1.69 bits per heavy atom. The molecule has 0 saturated carbocycles. The molecule has 164 valence electrons. The van der Waals surface area contributed by atoms with Gasteiger partial charge < -0.3 is 14.5 Å². The Hall–Kier alpha value is -3.30. The van der Waals surface area contributed by atoms with E-state index in [9.17, 15) is 9.59 Å². The third-order valence-electron chi connectivity index (χ3n) is 5.88. The lowest BCUT2D eigenvalue weighted by atomic mass is 10.0. The number of benzene rings is 1. The fourth-order valence-electron chi connectivity index (χ4n) is 4.00. The second kappa shape index (κ2) is 9.05. The summed E-state index contributed by atoms with van der Waals surface area (Å²) in [7, 11) is 0. The lowest BCUT2D eigenvalue weighted by molar-refractivity contribution is 0.00844. The molecule has 3 aromatic rings. The monoisotopic (exact) mass is 449 g/mol. The summed E-state index contributed by atoms with van der Waals surface area (Å²) in [6.45, 7) is 4.46. The first-order valence-electron chi connectivity index (χ1n) is 10.6. The summed E-state index contributed by atoms with van der Waals surface area (Å²) < 4.78 is 5.69. The number of carbonyl (C=O) groups is 2. The largest absolute Gasteiger partial charge is 0.439 e. The Balaban J connectivity index is 1.09. The summed E-state index contributed by atoms with van der Waals surface area (Å²) in [4.78, 5) is 39.6. The predicted molar refractivity (Wildman–Crippen MR) is 120 cm³/mol. The van der Waals surface area contributed by atoms with Crippen LogP contribution in [0, 0.1) is 0 Å². The van der Waals surface area contributed by atoms with Gasteiger partial charge in [-0.05, 0) is 30.3 Å². The molecule has 0 radical (unpaired) electrons. The number of piperazine rings is 1. The van der Waals surface area contributed by atoms with Crippen LogP contribution < -0.4 is 4.74 Å². The highest BCUT2D eigenvalue weighted by molar-refractivity contribution is 7.07. The number of ether oxygens (including phenoxy) is 1. The zero-order valence-corrected chi connectivity index (χ0v) is 18.3. The van der Waals surface area contributed by atoms with Crippen LogP contribution in [-0.4, -0.2) is 81.8 Å². The number of amides is 2. The van der Waals surface area contributed by atoms with Gasteiger partial charge in [-0.3, -0.25) is 14.5 Å². The van der Waals surface area contributed by atoms with Crippen molar-refractivity contribution in [1.29, 1.82) is 0 Å². The molecule has 0 spiro atoms. The summed E-state index contributed by atoms with van der Waals surface area (Å²) in [6, 6.07) is 13.0. The second-order valence-electron chi connectivity index (χ2n) is 7.86. The van der Waals surface area contributed by atoms with Gasteiger partial charge in [0.2, 0.25) is 5.88 Å². The van der Waals surface area contributed by atoms with Crippen LogP contribution in [0.4, 0.5) is 0 Å². The summed E-state index contributed by atoms with van der Waals surface area (Å²) in [6.07, 6.45) is 1.67. The summed E-state index contributed by atoms with van der Waals surface area (Å²) in [5, 5.41) is 1.79. The average Bonchev–Trinajstić information content (AvgIpc) is 3.34. The van der Waals surface area contributed by atoms with Crippen molar-refractivity contribution in [1.82, 2.24) is 24.7 Å². The normalized spacial score (nSPS) is 17.1. The first-order chi connectivity index (χ1) is 15.7. The molecule has 2 aromatic heterocycles. The van der Waals surface area contributed by atoms with Crippen molar-refractivity contribution in [3.63, 3.8) is 0 Å². The molecule has 0 aliphatic carbocycles. The highest BCUT2D eigenvalue weighted by Gasteiger charge is 2.37. The van der Waals surface area contributed by atoms with Gasteiger partial charge in [0.1, 0.15) is 11.4 Å². The van der Waals surface area contributed by atoms with Crippen molar-refractivity contribution in [2.75, 3.05) is 39.3 Å². The maximum Gasteiger partial charge on any atom is 0.273 e. The lowest BCUT2D eigenvalue weighted by Crippen LogP contribution is -2.64. The number of thiazole rings is 1. The van der Waals surface area contributed by atoms with Gasteiger partial charge in [0.05, 0.1) is 5.51 Å². The van der Waals surface area contributed by atoms with Gasteiger partial charge in [-0.25, -0.2) is 9.97 Å². The van der Waals surface area contributed by atoms with Crippen molar-refractivity contribution >= 4 is 23.2 Å². The van der Waals surface area contributed by atoms with E-state index in [1.165, 1.54) is 11.3 Å². The van der Waals surface area contributed by atoms with Crippen LogP contribution in [0.2, 0.25) is 0 Å². The predicted octanol–water partition coefficient (Wildman–Crippen LogP) is 2.61. The van der Waals surface area contributed by atoms with Gasteiger partial charge in [0.25, 0.3) is 11.8 Å². The van der Waals surface area contributed by atoms with Gasteiger partial charge in [0, 0.05) is 68.5 Å². The third-order valence-corrected chi connectivity index (χ3v) is 6.47. The van der Waals surface area contributed by atoms with Crippen LogP contribution >= 0.6 is 11.3 Å². The van der Waals surface area contributed by atoms with E-state index in [1.54, 1.807) is 47.4 Å². The maximum atomic E-state index is 12.8. The van der Waals surface area contributed by atoms with Crippen LogP contribution in [0.25, 0.3) is 0 Å². The van der Waals surface area contributed by atoms with Gasteiger partial charge >= 0.3 is 0 Å². The first kappa shape index (κ1) is 20.6. The minimum atomic E-state index is 0.00628. The van der Waals surface area contributed by atoms with Crippen LogP contribution in [0.3, 0.4) is 0 Å². The highest BCUT2D eigenvalue weighted by atomic mass is 32.1. The fourth-order valence-corrected chi connectivity index (χ4v) is 4.52. The second-order valence-corrected chi connectivity index (χ2v) is 8.58. The molecule has 2 aliphatic rings. The molecule has 1 aromatic carbocycles. The van der Waals surface area contributed by atoms with Crippen molar-refractivity contribution in [3.05, 3.63) is 70.8 Å². The minimum absolute atomic E-state index is 0.00628. The third kappa shape index (κ3) is 4.35. The topological polar surface area (TPSA) is 78.9 Å². The van der Waals surface area contributed by atoms with Crippen LogP contribution in [0.1, 0.15) is 20.8 Å². The van der Waals surface area contributed by atoms with E-state index in [4.69, 9.17) is 4.74 Å². The lowest BCUT2D eigenvalue weighted by Gasteiger charge is -2.48. The Bertz CT molecular complexity index is 1060. The molecule has 32 heavy (non-hydrogen) atoms. The number of carbonyl (C=O) groups excluding carboxylic acids is 2. The molecular weight excluding hydrogens is 426 g/mol. The van der Waals surface area contributed by atoms with Gasteiger partial charge in [-0.1, -0.05) is 6.07 Å². The van der Waals surface area contributed by atoms with Crippen LogP contribution in [-0.2, 0) is 0 Å². The SMILES string of the molecule is O=C(c1ccc(Oc2ccccn2)cc1)N1CC(N2CCN(C(=O)c3cscn3)CC2)C1. The molecular formula is C23H23N5O3S. The van der Waals surface area contributed by atoms with E-state index in [2.05, 4.69) is 14.9 Å². The Morgan fingerprint density at radius 1 is 0.906 bits per heavy atom. The van der Waals surface area contributed by atoms with E-state index in [1.807, 2.05) is 21.9 Å². The van der Waals surface area contributed by atoms with Crippen molar-refractivity contribution in [3.8, 4) is 11.6 Å². The summed E-state index contributed by atoms with van der Waals surface area (Å²) >= 11 is 1.44. The van der Waals surface area contributed by atoms with Gasteiger partial charge in [-0.2, -0.15) is 0 Å². The number of likely N-dealkylation sites (tertiary alicyclic amines) is 1. The highest BCUT2D eigenvalue weighted by Crippen LogP contribution is 2.23. The van der Waals surface area contributed by atoms with Gasteiger partial charge in [0.15, 0.2) is 0 Å². The standard InChI is InChI=1S/C23H23N5O3S/c29-22(17-4-6-19(7-5-17)31-21-3-1-2-8-24-21)28-13-18(14-28)26-9-11-27(12-10-26)23(30)20-15-32-16-25-20/h1-8,15-16,18H,9-14H2. The first-order valence-corrected chi connectivity index (χ1v) is 11.5. The quantitative estimate of drug-likeness (QED) is 0.596. The molecule has 2 amide bonds. The number of nitrogens with zero attached hydrogens (tertiary/aromatic N) is 5. The van der Waals surface area contributed by atoms with Crippen molar-refractivity contribution in [2.45, 2.75) is 6.04 Å². The zero-order valence-electron chi connectivity index (χ0n) is 17.5.